The second-order valence-corrected chi connectivity index (χ2v) is 6.62. The molecule has 1 unspecified atom stereocenters. The fraction of sp³-hybridized carbons (Fsp3) is 0.611. The van der Waals surface area contributed by atoms with Gasteiger partial charge in [-0.25, -0.2) is 0 Å². The van der Waals surface area contributed by atoms with Crippen molar-refractivity contribution in [3.63, 3.8) is 0 Å². The fourth-order valence-corrected chi connectivity index (χ4v) is 3.26. The number of carbonyl (C=O) groups excluding carboxylic acids is 2. The summed E-state index contributed by atoms with van der Waals surface area (Å²) in [5.74, 6) is 0.713. The number of piperidine rings is 1. The minimum absolute atomic E-state index is 0.0224. The Morgan fingerprint density at radius 1 is 1.17 bits per heavy atom. The van der Waals surface area contributed by atoms with Crippen LogP contribution in [0.3, 0.4) is 0 Å². The van der Waals surface area contributed by atoms with Gasteiger partial charge in [-0.3, -0.25) is 14.6 Å². The minimum atomic E-state index is 0.0224. The average molecular weight is 315 g/mol. The first-order valence-corrected chi connectivity index (χ1v) is 8.68. The number of amides is 2. The van der Waals surface area contributed by atoms with Crippen LogP contribution in [-0.4, -0.2) is 34.8 Å². The number of hydrogen-bond acceptors (Lipinski definition) is 3. The van der Waals surface area contributed by atoms with Crippen LogP contribution >= 0.6 is 0 Å². The van der Waals surface area contributed by atoms with Crippen LogP contribution in [0.1, 0.15) is 50.6 Å². The molecule has 23 heavy (non-hydrogen) atoms. The molecule has 0 radical (unpaired) electrons. The minimum Gasteiger partial charge on any atom is -0.349 e. The van der Waals surface area contributed by atoms with Crippen molar-refractivity contribution < 1.29 is 9.59 Å². The average Bonchev–Trinajstić information content (AvgIpc) is 3.45. The maximum atomic E-state index is 12.5. The lowest BCUT2D eigenvalue weighted by Gasteiger charge is -2.32. The van der Waals surface area contributed by atoms with Gasteiger partial charge < -0.3 is 10.2 Å². The summed E-state index contributed by atoms with van der Waals surface area (Å²) in [6.45, 7) is 3.52. The molecule has 1 aromatic heterocycles. The highest BCUT2D eigenvalue weighted by molar-refractivity contribution is 5.82. The van der Waals surface area contributed by atoms with E-state index in [1.807, 2.05) is 17.0 Å². The molecule has 1 saturated heterocycles. The lowest BCUT2D eigenvalue weighted by molar-refractivity contribution is -0.136. The Bertz CT molecular complexity index is 549. The molecule has 1 N–H and O–H groups in total. The summed E-state index contributed by atoms with van der Waals surface area (Å²) in [5.41, 5.74) is 1.09. The monoisotopic (exact) mass is 315 g/mol. The smallest absolute Gasteiger partial charge is 0.225 e. The van der Waals surface area contributed by atoms with Crippen molar-refractivity contribution in [3.8, 4) is 0 Å². The molecule has 2 heterocycles. The van der Waals surface area contributed by atoms with Gasteiger partial charge in [-0.05, 0) is 49.8 Å². The number of likely N-dealkylation sites (tertiary alicyclic amines) is 1. The first kappa shape index (κ1) is 16.0. The van der Waals surface area contributed by atoms with E-state index in [-0.39, 0.29) is 23.8 Å². The molecule has 2 aliphatic rings. The van der Waals surface area contributed by atoms with E-state index in [1.54, 1.807) is 12.4 Å². The highest BCUT2D eigenvalue weighted by Crippen LogP contribution is 2.32. The van der Waals surface area contributed by atoms with E-state index in [4.69, 9.17) is 0 Å². The number of nitrogens with zero attached hydrogens (tertiary/aromatic N) is 2. The molecule has 1 aliphatic carbocycles. The molecule has 2 amide bonds. The Hall–Kier alpha value is -1.91. The van der Waals surface area contributed by atoms with Gasteiger partial charge >= 0.3 is 0 Å². The van der Waals surface area contributed by atoms with E-state index >= 15 is 0 Å². The SMILES string of the molecule is CCC(NC(=O)C1CCN(C(=O)C2CC2)CC1)c1ccncc1. The van der Waals surface area contributed by atoms with Crippen molar-refractivity contribution in [1.82, 2.24) is 15.2 Å². The van der Waals surface area contributed by atoms with E-state index < -0.39 is 0 Å². The Morgan fingerprint density at radius 3 is 2.39 bits per heavy atom. The summed E-state index contributed by atoms with van der Waals surface area (Å²) in [6, 6.07) is 3.94. The van der Waals surface area contributed by atoms with Crippen molar-refractivity contribution in [2.75, 3.05) is 13.1 Å². The predicted octanol–water partition coefficient (Wildman–Crippen LogP) is 2.30. The summed E-state index contributed by atoms with van der Waals surface area (Å²) in [5, 5.41) is 3.16. The second kappa shape index (κ2) is 7.11. The summed E-state index contributed by atoms with van der Waals surface area (Å²) in [4.78, 5) is 30.6. The number of nitrogens with one attached hydrogen (secondary N) is 1. The molecule has 5 nitrogen and oxygen atoms in total. The predicted molar refractivity (Wildman–Crippen MR) is 87.4 cm³/mol. The maximum absolute atomic E-state index is 12.5. The van der Waals surface area contributed by atoms with Gasteiger partial charge in [0.1, 0.15) is 0 Å². The molecule has 3 rings (SSSR count). The lowest BCUT2D eigenvalue weighted by Crippen LogP contribution is -2.44. The zero-order valence-electron chi connectivity index (χ0n) is 13.7. The first-order chi connectivity index (χ1) is 11.2. The van der Waals surface area contributed by atoms with Crippen LogP contribution in [0.25, 0.3) is 0 Å². The van der Waals surface area contributed by atoms with E-state index in [0.29, 0.717) is 5.91 Å². The third-order valence-electron chi connectivity index (χ3n) is 4.94. The van der Waals surface area contributed by atoms with Gasteiger partial charge in [0.05, 0.1) is 6.04 Å². The molecule has 0 bridgehead atoms. The Kier molecular flexibility index (Phi) is 4.94. The van der Waals surface area contributed by atoms with Crippen molar-refractivity contribution in [1.29, 1.82) is 0 Å². The van der Waals surface area contributed by atoms with Crippen LogP contribution < -0.4 is 5.32 Å². The van der Waals surface area contributed by atoms with Gasteiger partial charge in [-0.1, -0.05) is 6.92 Å². The molecule has 0 spiro atoms. The van der Waals surface area contributed by atoms with Crippen molar-refractivity contribution in [3.05, 3.63) is 30.1 Å². The van der Waals surface area contributed by atoms with Gasteiger partial charge in [0, 0.05) is 37.3 Å². The third-order valence-corrected chi connectivity index (χ3v) is 4.94. The number of carbonyl (C=O) groups is 2. The normalized spacial score (nSPS) is 20.1. The molecular formula is C18H25N3O2. The first-order valence-electron chi connectivity index (χ1n) is 8.68. The van der Waals surface area contributed by atoms with Gasteiger partial charge in [0.15, 0.2) is 0 Å². The van der Waals surface area contributed by atoms with Gasteiger partial charge in [0.2, 0.25) is 11.8 Å². The van der Waals surface area contributed by atoms with Crippen molar-refractivity contribution >= 4 is 11.8 Å². The van der Waals surface area contributed by atoms with Gasteiger partial charge in [-0.2, -0.15) is 0 Å². The maximum Gasteiger partial charge on any atom is 0.225 e. The molecule has 2 fully saturated rings. The molecular weight excluding hydrogens is 290 g/mol. The van der Waals surface area contributed by atoms with Crippen molar-refractivity contribution in [2.24, 2.45) is 11.8 Å². The Balaban J connectivity index is 1.51. The second-order valence-electron chi connectivity index (χ2n) is 6.62. The van der Waals surface area contributed by atoms with Gasteiger partial charge in [0.25, 0.3) is 0 Å². The van der Waals surface area contributed by atoms with E-state index in [0.717, 1.165) is 50.8 Å². The number of pyridine rings is 1. The van der Waals surface area contributed by atoms with Crippen LogP contribution in [0.4, 0.5) is 0 Å². The highest BCUT2D eigenvalue weighted by atomic mass is 16.2. The number of hydrogen-bond donors (Lipinski definition) is 1. The Labute approximate surface area is 137 Å². The zero-order valence-corrected chi connectivity index (χ0v) is 13.7. The number of rotatable bonds is 5. The molecule has 1 atom stereocenters. The summed E-state index contributed by atoms with van der Waals surface area (Å²) < 4.78 is 0. The van der Waals surface area contributed by atoms with E-state index in [2.05, 4.69) is 17.2 Å². The largest absolute Gasteiger partial charge is 0.349 e. The summed E-state index contributed by atoms with van der Waals surface area (Å²) in [6.07, 6.45) is 8.01. The highest BCUT2D eigenvalue weighted by Gasteiger charge is 2.36. The molecule has 1 saturated carbocycles. The molecule has 5 heteroatoms. The van der Waals surface area contributed by atoms with Crippen LogP contribution in [0.5, 0.6) is 0 Å². The quantitative estimate of drug-likeness (QED) is 0.907. The van der Waals surface area contributed by atoms with E-state index in [9.17, 15) is 9.59 Å². The Morgan fingerprint density at radius 2 is 1.83 bits per heavy atom. The standard InChI is InChI=1S/C18H25N3O2/c1-2-16(13-5-9-19-10-6-13)20-17(22)14-7-11-21(12-8-14)18(23)15-3-4-15/h5-6,9-10,14-16H,2-4,7-8,11-12H2,1H3,(H,20,22). The summed E-state index contributed by atoms with van der Waals surface area (Å²) in [7, 11) is 0. The third kappa shape index (κ3) is 3.89. The van der Waals surface area contributed by atoms with E-state index in [1.165, 1.54) is 0 Å². The molecule has 0 aromatic carbocycles. The zero-order chi connectivity index (χ0) is 16.2. The fourth-order valence-electron chi connectivity index (χ4n) is 3.26. The lowest BCUT2D eigenvalue weighted by atomic mass is 9.94. The van der Waals surface area contributed by atoms with Crippen LogP contribution in [0.15, 0.2) is 24.5 Å². The van der Waals surface area contributed by atoms with Crippen molar-refractivity contribution in [2.45, 2.75) is 45.1 Å². The molecule has 1 aliphatic heterocycles. The molecule has 1 aromatic rings. The van der Waals surface area contributed by atoms with Crippen LogP contribution in [0, 0.1) is 11.8 Å². The van der Waals surface area contributed by atoms with Crippen LogP contribution in [0.2, 0.25) is 0 Å². The molecule has 124 valence electrons. The number of aromatic nitrogens is 1. The topological polar surface area (TPSA) is 62.3 Å². The van der Waals surface area contributed by atoms with Crippen LogP contribution in [-0.2, 0) is 9.59 Å². The van der Waals surface area contributed by atoms with Gasteiger partial charge in [-0.15, -0.1) is 0 Å². The summed E-state index contributed by atoms with van der Waals surface area (Å²) >= 11 is 0.